The smallest absolute Gasteiger partial charge is 0.417 e. The van der Waals surface area contributed by atoms with Crippen molar-refractivity contribution in [2.24, 2.45) is 0 Å². The SMILES string of the molecule is Cc1c(C(=O)NC2CCN(c3ccc(C(F)(F)F)cn3)CC2)oc2ccc(Br)cc12. The fourth-order valence-electron chi connectivity index (χ4n) is 3.65. The van der Waals surface area contributed by atoms with E-state index in [-0.39, 0.29) is 11.9 Å². The highest BCUT2D eigenvalue weighted by Crippen LogP contribution is 2.30. The normalized spacial score (nSPS) is 15.6. The molecule has 0 radical (unpaired) electrons. The van der Waals surface area contributed by atoms with Gasteiger partial charge in [0.15, 0.2) is 5.76 Å². The molecule has 158 valence electrons. The Hall–Kier alpha value is -2.55. The number of halogens is 4. The number of carbonyl (C=O) groups excluding carboxylic acids is 1. The zero-order valence-electron chi connectivity index (χ0n) is 16.1. The first-order valence-electron chi connectivity index (χ1n) is 9.50. The van der Waals surface area contributed by atoms with Gasteiger partial charge in [0.05, 0.1) is 5.56 Å². The van der Waals surface area contributed by atoms with E-state index in [0.29, 0.717) is 43.1 Å². The van der Waals surface area contributed by atoms with Gasteiger partial charge >= 0.3 is 6.18 Å². The van der Waals surface area contributed by atoms with Crippen molar-refractivity contribution in [3.8, 4) is 0 Å². The van der Waals surface area contributed by atoms with Gasteiger partial charge in [0.2, 0.25) is 0 Å². The van der Waals surface area contributed by atoms with Crippen LogP contribution in [-0.4, -0.2) is 30.0 Å². The van der Waals surface area contributed by atoms with Gasteiger partial charge in [0.25, 0.3) is 5.91 Å². The quantitative estimate of drug-likeness (QED) is 0.550. The number of amides is 1. The predicted molar refractivity (Wildman–Crippen MR) is 111 cm³/mol. The minimum Gasteiger partial charge on any atom is -0.451 e. The van der Waals surface area contributed by atoms with Gasteiger partial charge in [0, 0.05) is 40.8 Å². The maximum absolute atomic E-state index is 12.7. The lowest BCUT2D eigenvalue weighted by atomic mass is 10.0. The van der Waals surface area contributed by atoms with Crippen LogP contribution in [0.4, 0.5) is 19.0 Å². The molecule has 0 bridgehead atoms. The van der Waals surface area contributed by atoms with E-state index in [0.717, 1.165) is 27.7 Å². The van der Waals surface area contributed by atoms with Crippen molar-refractivity contribution in [3.63, 3.8) is 0 Å². The lowest BCUT2D eigenvalue weighted by molar-refractivity contribution is -0.137. The number of alkyl halides is 3. The second-order valence-electron chi connectivity index (χ2n) is 7.33. The van der Waals surface area contributed by atoms with Gasteiger partial charge in [-0.25, -0.2) is 4.98 Å². The van der Waals surface area contributed by atoms with Gasteiger partial charge in [-0.05, 0) is 50.1 Å². The van der Waals surface area contributed by atoms with E-state index in [9.17, 15) is 18.0 Å². The summed E-state index contributed by atoms with van der Waals surface area (Å²) in [5, 5.41) is 3.90. The van der Waals surface area contributed by atoms with E-state index in [1.54, 1.807) is 0 Å². The summed E-state index contributed by atoms with van der Waals surface area (Å²) in [5.74, 6) is 0.548. The summed E-state index contributed by atoms with van der Waals surface area (Å²) in [6, 6.07) is 7.98. The fourth-order valence-corrected chi connectivity index (χ4v) is 4.02. The molecule has 0 unspecified atom stereocenters. The Morgan fingerprint density at radius 1 is 1.23 bits per heavy atom. The maximum atomic E-state index is 12.7. The van der Waals surface area contributed by atoms with Crippen LogP contribution in [0.5, 0.6) is 0 Å². The Balaban J connectivity index is 1.38. The molecule has 2 aromatic heterocycles. The molecule has 1 aliphatic heterocycles. The number of furan rings is 1. The largest absolute Gasteiger partial charge is 0.451 e. The molecule has 0 spiro atoms. The highest BCUT2D eigenvalue weighted by Gasteiger charge is 2.31. The van der Waals surface area contributed by atoms with E-state index in [1.165, 1.54) is 6.07 Å². The van der Waals surface area contributed by atoms with Gasteiger partial charge in [-0.15, -0.1) is 0 Å². The molecule has 0 atom stereocenters. The summed E-state index contributed by atoms with van der Waals surface area (Å²) in [4.78, 5) is 18.6. The van der Waals surface area contributed by atoms with E-state index < -0.39 is 11.7 Å². The van der Waals surface area contributed by atoms with Crippen molar-refractivity contribution in [2.75, 3.05) is 18.0 Å². The van der Waals surface area contributed by atoms with Crippen LogP contribution in [0.3, 0.4) is 0 Å². The molecule has 1 amide bonds. The van der Waals surface area contributed by atoms with Crippen molar-refractivity contribution in [1.29, 1.82) is 0 Å². The van der Waals surface area contributed by atoms with E-state index >= 15 is 0 Å². The predicted octanol–water partition coefficient (Wildman–Crippen LogP) is 5.32. The number of pyridine rings is 1. The highest BCUT2D eigenvalue weighted by molar-refractivity contribution is 9.10. The third kappa shape index (κ3) is 4.16. The van der Waals surface area contributed by atoms with Crippen LogP contribution in [-0.2, 0) is 6.18 Å². The van der Waals surface area contributed by atoms with Crippen molar-refractivity contribution >= 4 is 38.6 Å². The van der Waals surface area contributed by atoms with E-state index in [4.69, 9.17) is 4.42 Å². The zero-order chi connectivity index (χ0) is 21.5. The van der Waals surface area contributed by atoms with Gasteiger partial charge in [-0.2, -0.15) is 13.2 Å². The molecule has 1 aliphatic rings. The monoisotopic (exact) mass is 481 g/mol. The number of piperidine rings is 1. The molecular formula is C21H19BrF3N3O2. The Kier molecular flexibility index (Phi) is 5.48. The number of carbonyl (C=O) groups is 1. The first-order valence-corrected chi connectivity index (χ1v) is 10.3. The summed E-state index contributed by atoms with van der Waals surface area (Å²) in [6.45, 7) is 3.04. The first-order chi connectivity index (χ1) is 14.2. The minimum absolute atomic E-state index is 0.0393. The Morgan fingerprint density at radius 2 is 1.97 bits per heavy atom. The third-order valence-corrected chi connectivity index (χ3v) is 5.83. The number of aromatic nitrogens is 1. The molecule has 3 heterocycles. The third-order valence-electron chi connectivity index (χ3n) is 5.33. The second kappa shape index (κ2) is 7.94. The number of nitrogens with one attached hydrogen (secondary N) is 1. The molecule has 5 nitrogen and oxygen atoms in total. The van der Waals surface area contributed by atoms with Crippen molar-refractivity contribution < 1.29 is 22.4 Å². The average molecular weight is 482 g/mol. The van der Waals surface area contributed by atoms with Crippen LogP contribution in [0.25, 0.3) is 11.0 Å². The van der Waals surface area contributed by atoms with Gasteiger partial charge < -0.3 is 14.6 Å². The molecule has 1 N–H and O–H groups in total. The summed E-state index contributed by atoms with van der Waals surface area (Å²) < 4.78 is 44.7. The number of hydrogen-bond donors (Lipinski definition) is 1. The summed E-state index contributed by atoms with van der Waals surface area (Å²) in [6.07, 6.45) is -2.21. The Bertz CT molecular complexity index is 1070. The molecule has 0 aliphatic carbocycles. The van der Waals surface area contributed by atoms with Crippen molar-refractivity contribution in [1.82, 2.24) is 10.3 Å². The summed E-state index contributed by atoms with van der Waals surface area (Å²) >= 11 is 3.42. The maximum Gasteiger partial charge on any atom is 0.417 e. The standard InChI is InChI=1S/C21H19BrF3N3O2/c1-12-16-10-14(22)3-4-17(16)30-19(12)20(29)27-15-6-8-28(9-7-15)18-5-2-13(11-26-18)21(23,24)25/h2-5,10-11,15H,6-9H2,1H3,(H,27,29). The number of fused-ring (bicyclic) bond motifs is 1. The number of benzene rings is 1. The number of hydrogen-bond acceptors (Lipinski definition) is 4. The molecule has 1 aromatic carbocycles. The number of rotatable bonds is 3. The average Bonchev–Trinajstić information content (AvgIpc) is 3.04. The van der Waals surface area contributed by atoms with Crippen molar-refractivity contribution in [3.05, 3.63) is 57.9 Å². The number of anilines is 1. The van der Waals surface area contributed by atoms with Crippen LogP contribution in [0.2, 0.25) is 0 Å². The molecule has 4 rings (SSSR count). The molecular weight excluding hydrogens is 463 g/mol. The van der Waals surface area contributed by atoms with Crippen LogP contribution >= 0.6 is 15.9 Å². The Labute approximate surface area is 179 Å². The summed E-state index contributed by atoms with van der Waals surface area (Å²) in [5.41, 5.74) is 0.681. The van der Waals surface area contributed by atoms with E-state index in [2.05, 4.69) is 26.2 Å². The van der Waals surface area contributed by atoms with Gasteiger partial charge in [-0.3, -0.25) is 4.79 Å². The zero-order valence-corrected chi connectivity index (χ0v) is 17.7. The van der Waals surface area contributed by atoms with Crippen molar-refractivity contribution in [2.45, 2.75) is 32.0 Å². The topological polar surface area (TPSA) is 58.4 Å². The molecule has 1 fully saturated rings. The minimum atomic E-state index is -4.40. The molecule has 1 saturated heterocycles. The Morgan fingerprint density at radius 3 is 2.60 bits per heavy atom. The van der Waals surface area contributed by atoms with Crippen LogP contribution < -0.4 is 10.2 Å². The summed E-state index contributed by atoms with van der Waals surface area (Å²) in [7, 11) is 0. The van der Waals surface area contributed by atoms with E-state index in [1.807, 2.05) is 30.0 Å². The highest BCUT2D eigenvalue weighted by atomic mass is 79.9. The van der Waals surface area contributed by atoms with Gasteiger partial charge in [0.1, 0.15) is 11.4 Å². The molecule has 30 heavy (non-hydrogen) atoms. The lowest BCUT2D eigenvalue weighted by Crippen LogP contribution is -2.45. The fraction of sp³-hybridized carbons (Fsp3) is 0.333. The van der Waals surface area contributed by atoms with Gasteiger partial charge in [-0.1, -0.05) is 15.9 Å². The van der Waals surface area contributed by atoms with Crippen LogP contribution in [0.1, 0.15) is 34.5 Å². The molecule has 3 aromatic rings. The molecule has 9 heteroatoms. The van der Waals surface area contributed by atoms with Crippen LogP contribution in [0, 0.1) is 6.92 Å². The number of nitrogens with zero attached hydrogens (tertiary/aromatic N) is 2. The second-order valence-corrected chi connectivity index (χ2v) is 8.25. The number of aryl methyl sites for hydroxylation is 1. The lowest BCUT2D eigenvalue weighted by Gasteiger charge is -2.33. The molecule has 0 saturated carbocycles. The van der Waals surface area contributed by atoms with Crippen LogP contribution in [0.15, 0.2) is 45.4 Å². The first kappa shape index (κ1) is 20.7.